The molecule has 0 spiro atoms. The molecule has 1 unspecified atom stereocenters. The van der Waals surface area contributed by atoms with Crippen LogP contribution in [-0.2, 0) is 19.2 Å². The molecular formula is C15H22O4. The Morgan fingerprint density at radius 3 is 2.26 bits per heavy atom. The van der Waals surface area contributed by atoms with Gasteiger partial charge in [0.25, 0.3) is 0 Å². The Labute approximate surface area is 113 Å². The molecule has 0 N–H and O–H groups in total. The number of carbonyl (C=O) groups is 4. The van der Waals surface area contributed by atoms with Crippen LogP contribution in [-0.4, -0.2) is 24.1 Å². The molecule has 1 fully saturated rings. The molecule has 1 aliphatic carbocycles. The van der Waals surface area contributed by atoms with E-state index in [1.54, 1.807) is 0 Å². The van der Waals surface area contributed by atoms with Crippen molar-refractivity contribution in [3.63, 3.8) is 0 Å². The molecule has 0 aromatic carbocycles. The summed E-state index contributed by atoms with van der Waals surface area (Å²) in [6.45, 7) is 0. The van der Waals surface area contributed by atoms with Crippen LogP contribution in [0.3, 0.4) is 0 Å². The van der Waals surface area contributed by atoms with Gasteiger partial charge in [-0.15, -0.1) is 0 Å². The molecule has 1 atom stereocenters. The van der Waals surface area contributed by atoms with Crippen LogP contribution in [0, 0.1) is 11.8 Å². The second-order valence-corrected chi connectivity index (χ2v) is 5.32. The van der Waals surface area contributed by atoms with Crippen molar-refractivity contribution in [2.75, 3.05) is 0 Å². The van der Waals surface area contributed by atoms with E-state index in [1.165, 1.54) is 6.42 Å². The molecule has 1 rings (SSSR count). The number of Topliss-reactive ketones (excluding diaryl/α,β-unsaturated/α-hetero) is 2. The van der Waals surface area contributed by atoms with E-state index in [2.05, 4.69) is 0 Å². The van der Waals surface area contributed by atoms with Gasteiger partial charge in [0.2, 0.25) is 0 Å². The van der Waals surface area contributed by atoms with Crippen LogP contribution >= 0.6 is 0 Å². The Balaban J connectivity index is 2.51. The van der Waals surface area contributed by atoms with Crippen LogP contribution in [0.15, 0.2) is 0 Å². The maximum Gasteiger partial charge on any atom is 0.198 e. The molecule has 0 bridgehead atoms. The zero-order valence-corrected chi connectivity index (χ0v) is 11.3. The summed E-state index contributed by atoms with van der Waals surface area (Å²) in [6, 6.07) is 0. The van der Waals surface area contributed by atoms with Crippen LogP contribution in [0.2, 0.25) is 0 Å². The number of carbonyl (C=O) groups excluding carboxylic acids is 4. The van der Waals surface area contributed by atoms with Crippen molar-refractivity contribution in [3.05, 3.63) is 0 Å². The quantitative estimate of drug-likeness (QED) is 0.474. The minimum atomic E-state index is -0.473. The SMILES string of the molecule is O=CCCC(=O)C(=O)CC(CC=O)C1CCCCC1. The highest BCUT2D eigenvalue weighted by Gasteiger charge is 2.27. The molecule has 0 saturated heterocycles. The molecule has 19 heavy (non-hydrogen) atoms. The van der Waals surface area contributed by atoms with Crippen molar-refractivity contribution in [3.8, 4) is 0 Å². The summed E-state index contributed by atoms with van der Waals surface area (Å²) >= 11 is 0. The predicted molar refractivity (Wildman–Crippen MR) is 70.7 cm³/mol. The van der Waals surface area contributed by atoms with E-state index in [1.807, 2.05) is 0 Å². The lowest BCUT2D eigenvalue weighted by Gasteiger charge is -2.28. The van der Waals surface area contributed by atoms with E-state index in [4.69, 9.17) is 0 Å². The normalized spacial score (nSPS) is 17.7. The van der Waals surface area contributed by atoms with Gasteiger partial charge < -0.3 is 9.59 Å². The van der Waals surface area contributed by atoms with Gasteiger partial charge in [-0.05, 0) is 11.8 Å². The molecule has 1 aliphatic rings. The van der Waals surface area contributed by atoms with Gasteiger partial charge in [-0.25, -0.2) is 0 Å². The molecule has 4 heteroatoms. The number of rotatable bonds is 9. The first-order valence-electron chi connectivity index (χ1n) is 7.12. The number of hydrogen-bond donors (Lipinski definition) is 0. The van der Waals surface area contributed by atoms with Gasteiger partial charge in [-0.3, -0.25) is 9.59 Å². The van der Waals surface area contributed by atoms with Crippen LogP contribution < -0.4 is 0 Å². The Morgan fingerprint density at radius 1 is 1.00 bits per heavy atom. The van der Waals surface area contributed by atoms with Crippen LogP contribution in [0.5, 0.6) is 0 Å². The van der Waals surface area contributed by atoms with E-state index in [0.29, 0.717) is 18.6 Å². The third-order valence-corrected chi connectivity index (χ3v) is 3.96. The highest BCUT2D eigenvalue weighted by atomic mass is 16.2. The van der Waals surface area contributed by atoms with Gasteiger partial charge in [0, 0.05) is 25.7 Å². The van der Waals surface area contributed by atoms with Crippen LogP contribution in [0.1, 0.15) is 57.8 Å². The first-order valence-corrected chi connectivity index (χ1v) is 7.12. The first-order chi connectivity index (χ1) is 9.19. The molecular weight excluding hydrogens is 244 g/mol. The van der Waals surface area contributed by atoms with E-state index >= 15 is 0 Å². The number of aldehydes is 2. The fourth-order valence-electron chi connectivity index (χ4n) is 2.85. The lowest BCUT2D eigenvalue weighted by molar-refractivity contribution is -0.137. The first kappa shape index (κ1) is 15.7. The van der Waals surface area contributed by atoms with Gasteiger partial charge in [0.05, 0.1) is 0 Å². The molecule has 0 radical (unpaired) electrons. The maximum absolute atomic E-state index is 11.8. The summed E-state index contributed by atoms with van der Waals surface area (Å²) in [7, 11) is 0. The maximum atomic E-state index is 11.8. The topological polar surface area (TPSA) is 68.3 Å². The number of ketones is 2. The van der Waals surface area contributed by atoms with Gasteiger partial charge in [0.15, 0.2) is 11.6 Å². The summed E-state index contributed by atoms with van der Waals surface area (Å²) in [5, 5.41) is 0. The molecule has 1 saturated carbocycles. The largest absolute Gasteiger partial charge is 0.303 e. The Morgan fingerprint density at radius 2 is 1.68 bits per heavy atom. The summed E-state index contributed by atoms with van der Waals surface area (Å²) in [5.74, 6) is -0.495. The highest BCUT2D eigenvalue weighted by Crippen LogP contribution is 2.33. The second-order valence-electron chi connectivity index (χ2n) is 5.32. The molecule has 0 aromatic heterocycles. The Kier molecular flexibility index (Phi) is 7.23. The lowest BCUT2D eigenvalue weighted by Crippen LogP contribution is -2.25. The fourth-order valence-corrected chi connectivity index (χ4v) is 2.85. The van der Waals surface area contributed by atoms with Crippen LogP contribution in [0.4, 0.5) is 0 Å². The molecule has 4 nitrogen and oxygen atoms in total. The zero-order chi connectivity index (χ0) is 14.1. The van der Waals surface area contributed by atoms with Crippen LogP contribution in [0.25, 0.3) is 0 Å². The smallest absolute Gasteiger partial charge is 0.198 e. The van der Waals surface area contributed by atoms with Gasteiger partial charge >= 0.3 is 0 Å². The minimum Gasteiger partial charge on any atom is -0.303 e. The van der Waals surface area contributed by atoms with Crippen molar-refractivity contribution in [2.45, 2.75) is 57.8 Å². The van der Waals surface area contributed by atoms with E-state index in [9.17, 15) is 19.2 Å². The number of hydrogen-bond acceptors (Lipinski definition) is 4. The summed E-state index contributed by atoms with van der Waals surface area (Å²) < 4.78 is 0. The fraction of sp³-hybridized carbons (Fsp3) is 0.733. The summed E-state index contributed by atoms with van der Waals surface area (Å²) in [5.41, 5.74) is 0. The lowest BCUT2D eigenvalue weighted by atomic mass is 9.76. The molecule has 0 aromatic rings. The van der Waals surface area contributed by atoms with Crippen molar-refractivity contribution in [1.29, 1.82) is 0 Å². The molecule has 0 amide bonds. The summed E-state index contributed by atoms with van der Waals surface area (Å²) in [4.78, 5) is 44.3. The Bertz CT molecular complexity index is 329. The van der Waals surface area contributed by atoms with Gasteiger partial charge in [-0.2, -0.15) is 0 Å². The van der Waals surface area contributed by atoms with E-state index in [0.717, 1.165) is 32.0 Å². The monoisotopic (exact) mass is 266 g/mol. The van der Waals surface area contributed by atoms with Crippen molar-refractivity contribution < 1.29 is 19.2 Å². The van der Waals surface area contributed by atoms with Crippen molar-refractivity contribution in [2.24, 2.45) is 11.8 Å². The third-order valence-electron chi connectivity index (χ3n) is 3.96. The molecule has 0 aliphatic heterocycles. The average molecular weight is 266 g/mol. The van der Waals surface area contributed by atoms with E-state index in [-0.39, 0.29) is 25.2 Å². The van der Waals surface area contributed by atoms with Crippen molar-refractivity contribution in [1.82, 2.24) is 0 Å². The highest BCUT2D eigenvalue weighted by molar-refractivity contribution is 6.37. The van der Waals surface area contributed by atoms with Gasteiger partial charge in [0.1, 0.15) is 12.6 Å². The average Bonchev–Trinajstić information content (AvgIpc) is 2.45. The predicted octanol–water partition coefficient (Wildman–Crippen LogP) is 2.28. The minimum absolute atomic E-state index is 0.000803. The van der Waals surface area contributed by atoms with Gasteiger partial charge in [-0.1, -0.05) is 32.1 Å². The standard InChI is InChI=1S/C15H22O4/c16-9-4-7-14(18)15(19)11-13(8-10-17)12-5-2-1-3-6-12/h9-10,12-13H,1-8,11H2. The zero-order valence-electron chi connectivity index (χ0n) is 11.3. The molecule has 0 heterocycles. The van der Waals surface area contributed by atoms with Crippen molar-refractivity contribution >= 4 is 24.1 Å². The summed E-state index contributed by atoms with van der Waals surface area (Å²) in [6.07, 6.45) is 7.74. The second kappa shape index (κ2) is 8.73. The molecule has 106 valence electrons. The Hall–Kier alpha value is -1.32. The third kappa shape index (κ3) is 5.45. The van der Waals surface area contributed by atoms with E-state index < -0.39 is 11.6 Å².